The molecule has 0 aromatic heterocycles. The van der Waals surface area contributed by atoms with Crippen LogP contribution in [0, 0.1) is 0 Å². The van der Waals surface area contributed by atoms with Crippen LogP contribution in [0.4, 0.5) is 0 Å². The van der Waals surface area contributed by atoms with Gasteiger partial charge in [0.1, 0.15) is 18.5 Å². The molecule has 30 heavy (non-hydrogen) atoms. The Bertz CT molecular complexity index is 849. The van der Waals surface area contributed by atoms with Crippen molar-refractivity contribution in [1.82, 2.24) is 10.2 Å². The highest BCUT2D eigenvalue weighted by Crippen LogP contribution is 2.31. The number of nitrogens with one attached hydrogen (secondary N) is 1. The van der Waals surface area contributed by atoms with Gasteiger partial charge in [-0.3, -0.25) is 4.79 Å². The lowest BCUT2D eigenvalue weighted by molar-refractivity contribution is -0.0109. The topological polar surface area (TPSA) is 80.3 Å². The second kappa shape index (κ2) is 9.36. The minimum absolute atomic E-state index is 0.0440. The quantitative estimate of drug-likeness (QED) is 0.756. The summed E-state index contributed by atoms with van der Waals surface area (Å²) in [5.74, 6) is 2.16. The lowest BCUT2D eigenvalue weighted by atomic mass is 10.0. The minimum atomic E-state index is -0.669. The third-order valence-electron chi connectivity index (χ3n) is 5.69. The molecule has 2 aromatic rings. The smallest absolute Gasteiger partial charge is 0.253 e. The van der Waals surface area contributed by atoms with Gasteiger partial charge in [0.25, 0.3) is 5.91 Å². The fourth-order valence-electron chi connectivity index (χ4n) is 3.85. The van der Waals surface area contributed by atoms with E-state index in [0.29, 0.717) is 43.3 Å². The standard InChI is InChI=1S/C23H28N2O5/c1-28-18-8-6-16(7-9-18)23(27)25-12-10-17(11-13-25)24-14-19(26)22-15-29-20-4-2-3-5-21(20)30-22/h2-9,17,19,22,24,26H,10-15H2,1H3. The van der Waals surface area contributed by atoms with Crippen molar-refractivity contribution in [3.63, 3.8) is 0 Å². The van der Waals surface area contributed by atoms with E-state index in [-0.39, 0.29) is 11.9 Å². The van der Waals surface area contributed by atoms with Crippen LogP contribution < -0.4 is 19.5 Å². The van der Waals surface area contributed by atoms with E-state index in [4.69, 9.17) is 14.2 Å². The fourth-order valence-corrected chi connectivity index (χ4v) is 3.85. The molecule has 2 unspecified atom stereocenters. The second-order valence-corrected chi connectivity index (χ2v) is 7.68. The molecule has 2 N–H and O–H groups in total. The SMILES string of the molecule is COc1ccc(C(=O)N2CCC(NCC(O)C3COc4ccccc4O3)CC2)cc1. The molecule has 1 saturated heterocycles. The molecule has 0 radical (unpaired) electrons. The van der Waals surface area contributed by atoms with Crippen molar-refractivity contribution in [2.45, 2.75) is 31.1 Å². The third kappa shape index (κ3) is 4.68. The Morgan fingerprint density at radius 2 is 1.87 bits per heavy atom. The Morgan fingerprint density at radius 1 is 1.17 bits per heavy atom. The molecule has 0 bridgehead atoms. The summed E-state index contributed by atoms with van der Waals surface area (Å²) >= 11 is 0. The van der Waals surface area contributed by atoms with E-state index in [2.05, 4.69) is 5.32 Å². The monoisotopic (exact) mass is 412 g/mol. The molecular weight excluding hydrogens is 384 g/mol. The number of amides is 1. The molecule has 0 saturated carbocycles. The van der Waals surface area contributed by atoms with E-state index < -0.39 is 12.2 Å². The van der Waals surface area contributed by atoms with Crippen LogP contribution in [0.25, 0.3) is 0 Å². The predicted molar refractivity (Wildman–Crippen MR) is 112 cm³/mol. The molecule has 2 atom stereocenters. The number of carbonyl (C=O) groups excluding carboxylic acids is 1. The average Bonchev–Trinajstić information content (AvgIpc) is 2.82. The van der Waals surface area contributed by atoms with Gasteiger partial charge in [-0.25, -0.2) is 0 Å². The molecular formula is C23H28N2O5. The zero-order chi connectivity index (χ0) is 20.9. The number of ether oxygens (including phenoxy) is 3. The summed E-state index contributed by atoms with van der Waals surface area (Å²) in [5.41, 5.74) is 0.673. The number of hydrogen-bond acceptors (Lipinski definition) is 6. The van der Waals surface area contributed by atoms with Gasteiger partial charge in [0, 0.05) is 31.2 Å². The molecule has 7 nitrogen and oxygen atoms in total. The molecule has 1 fully saturated rings. The van der Waals surface area contributed by atoms with Gasteiger partial charge < -0.3 is 29.5 Å². The first-order chi connectivity index (χ1) is 14.6. The summed E-state index contributed by atoms with van der Waals surface area (Å²) in [4.78, 5) is 14.6. The number of aliphatic hydroxyl groups is 1. The summed E-state index contributed by atoms with van der Waals surface area (Å²) in [5, 5.41) is 13.9. The van der Waals surface area contributed by atoms with Crippen LogP contribution in [0.2, 0.25) is 0 Å². The number of hydrogen-bond donors (Lipinski definition) is 2. The van der Waals surface area contributed by atoms with Crippen molar-refractivity contribution < 1.29 is 24.1 Å². The summed E-state index contributed by atoms with van der Waals surface area (Å²) in [7, 11) is 1.61. The molecule has 7 heteroatoms. The van der Waals surface area contributed by atoms with Crippen LogP contribution in [0.15, 0.2) is 48.5 Å². The van der Waals surface area contributed by atoms with Crippen LogP contribution >= 0.6 is 0 Å². The minimum Gasteiger partial charge on any atom is -0.497 e. The first-order valence-electron chi connectivity index (χ1n) is 10.4. The Hall–Kier alpha value is -2.77. The van der Waals surface area contributed by atoms with Gasteiger partial charge in [0.05, 0.1) is 7.11 Å². The Balaban J connectivity index is 1.21. The highest BCUT2D eigenvalue weighted by atomic mass is 16.6. The third-order valence-corrected chi connectivity index (χ3v) is 5.69. The van der Waals surface area contributed by atoms with Crippen LogP contribution in [-0.2, 0) is 0 Å². The van der Waals surface area contributed by atoms with Crippen molar-refractivity contribution in [3.8, 4) is 17.2 Å². The molecule has 0 aliphatic carbocycles. The van der Waals surface area contributed by atoms with Gasteiger partial charge >= 0.3 is 0 Å². The Morgan fingerprint density at radius 3 is 2.57 bits per heavy atom. The Kier molecular flexibility index (Phi) is 6.40. The van der Waals surface area contributed by atoms with E-state index in [9.17, 15) is 9.90 Å². The number of nitrogens with zero attached hydrogens (tertiary/aromatic N) is 1. The number of para-hydroxylation sites is 2. The van der Waals surface area contributed by atoms with E-state index in [1.165, 1.54) is 0 Å². The predicted octanol–water partition coefficient (Wildman–Crippen LogP) is 2.09. The number of carbonyl (C=O) groups is 1. The highest BCUT2D eigenvalue weighted by Gasteiger charge is 2.29. The van der Waals surface area contributed by atoms with E-state index >= 15 is 0 Å². The first-order valence-corrected chi connectivity index (χ1v) is 10.4. The van der Waals surface area contributed by atoms with Gasteiger partial charge in [0.2, 0.25) is 0 Å². The zero-order valence-electron chi connectivity index (χ0n) is 17.1. The number of benzene rings is 2. The van der Waals surface area contributed by atoms with Crippen molar-refractivity contribution in [2.75, 3.05) is 33.4 Å². The summed E-state index contributed by atoms with van der Waals surface area (Å²) in [6.07, 6.45) is 0.625. The van der Waals surface area contributed by atoms with E-state index in [1.54, 1.807) is 31.4 Å². The molecule has 160 valence electrons. The van der Waals surface area contributed by atoms with E-state index in [0.717, 1.165) is 18.6 Å². The number of aliphatic hydroxyl groups excluding tert-OH is 1. The van der Waals surface area contributed by atoms with E-state index in [1.807, 2.05) is 29.2 Å². The van der Waals surface area contributed by atoms with Crippen LogP contribution in [0.3, 0.4) is 0 Å². The molecule has 1 amide bonds. The molecule has 4 rings (SSSR count). The highest BCUT2D eigenvalue weighted by molar-refractivity contribution is 5.94. The summed E-state index contributed by atoms with van der Waals surface area (Å²) in [6.45, 7) is 2.13. The molecule has 2 aliphatic heterocycles. The summed E-state index contributed by atoms with van der Waals surface area (Å²) < 4.78 is 16.7. The Labute approximate surface area is 176 Å². The van der Waals surface area contributed by atoms with Crippen LogP contribution in [-0.4, -0.2) is 67.5 Å². The average molecular weight is 412 g/mol. The van der Waals surface area contributed by atoms with Gasteiger partial charge in [-0.15, -0.1) is 0 Å². The number of rotatable bonds is 6. The van der Waals surface area contributed by atoms with Crippen LogP contribution in [0.5, 0.6) is 17.2 Å². The first kappa shape index (κ1) is 20.5. The molecule has 0 spiro atoms. The summed E-state index contributed by atoms with van der Waals surface area (Å²) in [6, 6.07) is 14.9. The normalized spacial score (nSPS) is 19.9. The van der Waals surface area contributed by atoms with Gasteiger partial charge in [-0.1, -0.05) is 12.1 Å². The molecule has 2 aliphatic rings. The van der Waals surface area contributed by atoms with Gasteiger partial charge in [-0.05, 0) is 49.2 Å². The van der Waals surface area contributed by atoms with Gasteiger partial charge in [0.15, 0.2) is 17.6 Å². The van der Waals surface area contributed by atoms with Crippen molar-refractivity contribution in [3.05, 3.63) is 54.1 Å². The lowest BCUT2D eigenvalue weighted by Gasteiger charge is -2.34. The maximum absolute atomic E-state index is 12.7. The fraction of sp³-hybridized carbons (Fsp3) is 0.435. The maximum atomic E-state index is 12.7. The maximum Gasteiger partial charge on any atom is 0.253 e. The van der Waals surface area contributed by atoms with Crippen LogP contribution in [0.1, 0.15) is 23.2 Å². The molecule has 2 heterocycles. The molecule has 2 aromatic carbocycles. The van der Waals surface area contributed by atoms with Crippen molar-refractivity contribution in [1.29, 1.82) is 0 Å². The second-order valence-electron chi connectivity index (χ2n) is 7.68. The largest absolute Gasteiger partial charge is 0.497 e. The van der Waals surface area contributed by atoms with Crippen molar-refractivity contribution in [2.24, 2.45) is 0 Å². The number of methoxy groups -OCH3 is 1. The number of piperidine rings is 1. The van der Waals surface area contributed by atoms with Gasteiger partial charge in [-0.2, -0.15) is 0 Å². The zero-order valence-corrected chi connectivity index (χ0v) is 17.1. The number of fused-ring (bicyclic) bond motifs is 1. The number of likely N-dealkylation sites (tertiary alicyclic amines) is 1. The van der Waals surface area contributed by atoms with Crippen molar-refractivity contribution >= 4 is 5.91 Å². The lowest BCUT2D eigenvalue weighted by Crippen LogP contribution is -2.50.